The van der Waals surface area contributed by atoms with Crippen molar-refractivity contribution in [1.29, 1.82) is 0 Å². The van der Waals surface area contributed by atoms with Crippen LogP contribution < -0.4 is 5.73 Å². The van der Waals surface area contributed by atoms with Crippen LogP contribution in [0.4, 0.5) is 0 Å². The van der Waals surface area contributed by atoms with Crippen molar-refractivity contribution in [2.24, 2.45) is 11.7 Å². The molecule has 0 aliphatic rings. The third kappa shape index (κ3) is 3.03. The first-order valence-corrected chi connectivity index (χ1v) is 4.67. The molecule has 0 amide bonds. The van der Waals surface area contributed by atoms with Gasteiger partial charge < -0.3 is 5.73 Å². The van der Waals surface area contributed by atoms with Crippen LogP contribution in [0, 0.1) is 5.92 Å². The number of hydrogen-bond donors (Lipinski definition) is 1. The van der Waals surface area contributed by atoms with Crippen LogP contribution in [0.15, 0.2) is 35.9 Å². The predicted octanol–water partition coefficient (Wildman–Crippen LogP) is 2.68. The summed E-state index contributed by atoms with van der Waals surface area (Å²) >= 11 is 0. The molecule has 1 aromatic carbocycles. The van der Waals surface area contributed by atoms with Crippen molar-refractivity contribution in [3.8, 4) is 0 Å². The fourth-order valence-corrected chi connectivity index (χ4v) is 1.14. The molecule has 0 bridgehead atoms. The molecule has 0 aliphatic carbocycles. The molecule has 1 rings (SSSR count). The molecule has 0 aliphatic heterocycles. The van der Waals surface area contributed by atoms with Crippen molar-refractivity contribution in [3.63, 3.8) is 0 Å². The third-order valence-corrected chi connectivity index (χ3v) is 2.32. The Labute approximate surface area is 80.3 Å². The second-order valence-electron chi connectivity index (χ2n) is 3.44. The number of nitrogens with two attached hydrogens (primary N) is 1. The van der Waals surface area contributed by atoms with E-state index in [-0.39, 0.29) is 0 Å². The molecular weight excluding hydrogens is 158 g/mol. The van der Waals surface area contributed by atoms with Crippen LogP contribution in [0.2, 0.25) is 0 Å². The molecule has 1 atom stereocenters. The summed E-state index contributed by atoms with van der Waals surface area (Å²) in [6.07, 6.45) is 2.19. The molecule has 1 nitrogen and oxygen atoms in total. The van der Waals surface area contributed by atoms with Gasteiger partial charge in [0.25, 0.3) is 0 Å². The van der Waals surface area contributed by atoms with E-state index < -0.39 is 0 Å². The lowest BCUT2D eigenvalue weighted by molar-refractivity contribution is 0.699. The van der Waals surface area contributed by atoms with E-state index in [0.29, 0.717) is 5.92 Å². The van der Waals surface area contributed by atoms with Crippen molar-refractivity contribution in [2.45, 2.75) is 13.8 Å². The Morgan fingerprint density at radius 1 is 1.38 bits per heavy atom. The van der Waals surface area contributed by atoms with E-state index in [0.717, 1.165) is 6.54 Å². The van der Waals surface area contributed by atoms with Crippen molar-refractivity contribution in [2.75, 3.05) is 6.54 Å². The summed E-state index contributed by atoms with van der Waals surface area (Å²) in [7, 11) is 0. The molecule has 1 aromatic rings. The van der Waals surface area contributed by atoms with Crippen molar-refractivity contribution < 1.29 is 0 Å². The van der Waals surface area contributed by atoms with E-state index >= 15 is 0 Å². The minimum Gasteiger partial charge on any atom is -0.330 e. The molecule has 0 saturated heterocycles. The molecule has 0 fully saturated rings. The van der Waals surface area contributed by atoms with Crippen LogP contribution in [-0.4, -0.2) is 6.54 Å². The normalized spacial score (nSPS) is 14.2. The van der Waals surface area contributed by atoms with Gasteiger partial charge in [-0.3, -0.25) is 0 Å². The first-order valence-electron chi connectivity index (χ1n) is 4.67. The fraction of sp³-hybridized carbons (Fsp3) is 0.333. The Morgan fingerprint density at radius 2 is 2.00 bits per heavy atom. The highest BCUT2D eigenvalue weighted by Gasteiger charge is 2.00. The highest BCUT2D eigenvalue weighted by molar-refractivity contribution is 5.52. The monoisotopic (exact) mass is 175 g/mol. The standard InChI is InChI=1S/C12H17N/c1-10(11(2)9-13)8-12-6-4-3-5-7-12/h3-8,11H,9,13H2,1-2H3/b10-8+. The average Bonchev–Trinajstić information content (AvgIpc) is 2.18. The van der Waals surface area contributed by atoms with E-state index in [1.807, 2.05) is 18.2 Å². The van der Waals surface area contributed by atoms with E-state index in [1.54, 1.807) is 0 Å². The largest absolute Gasteiger partial charge is 0.330 e. The lowest BCUT2D eigenvalue weighted by atomic mass is 10.0. The second kappa shape index (κ2) is 4.83. The maximum absolute atomic E-state index is 5.59. The van der Waals surface area contributed by atoms with Crippen molar-refractivity contribution >= 4 is 6.08 Å². The zero-order valence-electron chi connectivity index (χ0n) is 8.33. The quantitative estimate of drug-likeness (QED) is 0.751. The second-order valence-corrected chi connectivity index (χ2v) is 3.44. The van der Waals surface area contributed by atoms with Gasteiger partial charge in [-0.05, 0) is 24.9 Å². The summed E-state index contributed by atoms with van der Waals surface area (Å²) in [5.74, 6) is 0.472. The lowest BCUT2D eigenvalue weighted by Crippen LogP contribution is -2.11. The van der Waals surface area contributed by atoms with Gasteiger partial charge in [0.05, 0.1) is 0 Å². The molecule has 0 heterocycles. The van der Waals surface area contributed by atoms with Crippen LogP contribution in [0.3, 0.4) is 0 Å². The molecule has 2 N–H and O–H groups in total. The van der Waals surface area contributed by atoms with Gasteiger partial charge in [0, 0.05) is 0 Å². The molecule has 0 saturated carbocycles. The van der Waals surface area contributed by atoms with Gasteiger partial charge in [-0.1, -0.05) is 48.9 Å². The fourth-order valence-electron chi connectivity index (χ4n) is 1.14. The summed E-state index contributed by atoms with van der Waals surface area (Å²) in [5, 5.41) is 0. The van der Waals surface area contributed by atoms with Gasteiger partial charge in [-0.25, -0.2) is 0 Å². The van der Waals surface area contributed by atoms with Crippen molar-refractivity contribution in [3.05, 3.63) is 41.5 Å². The van der Waals surface area contributed by atoms with E-state index in [1.165, 1.54) is 11.1 Å². The maximum Gasteiger partial charge on any atom is -0.00141 e. The lowest BCUT2D eigenvalue weighted by Gasteiger charge is -2.08. The summed E-state index contributed by atoms with van der Waals surface area (Å²) in [5.41, 5.74) is 8.18. The van der Waals surface area contributed by atoms with Gasteiger partial charge in [-0.15, -0.1) is 0 Å². The smallest absolute Gasteiger partial charge is 0.00141 e. The zero-order chi connectivity index (χ0) is 9.68. The van der Waals surface area contributed by atoms with Crippen molar-refractivity contribution in [1.82, 2.24) is 0 Å². The molecule has 1 unspecified atom stereocenters. The predicted molar refractivity (Wildman–Crippen MR) is 58.3 cm³/mol. The van der Waals surface area contributed by atoms with Crippen LogP contribution >= 0.6 is 0 Å². The molecule has 13 heavy (non-hydrogen) atoms. The van der Waals surface area contributed by atoms with Gasteiger partial charge in [0.2, 0.25) is 0 Å². The SMILES string of the molecule is C/C(=C\c1ccccc1)C(C)CN. The summed E-state index contributed by atoms with van der Waals surface area (Å²) in [6, 6.07) is 10.3. The highest BCUT2D eigenvalue weighted by Crippen LogP contribution is 2.12. The Hall–Kier alpha value is -1.08. The van der Waals surface area contributed by atoms with E-state index in [2.05, 4.69) is 32.1 Å². The molecule has 70 valence electrons. The van der Waals surface area contributed by atoms with Crippen LogP contribution in [-0.2, 0) is 0 Å². The maximum atomic E-state index is 5.59. The molecule has 0 spiro atoms. The minimum absolute atomic E-state index is 0.472. The number of rotatable bonds is 3. The van der Waals surface area contributed by atoms with Gasteiger partial charge in [0.1, 0.15) is 0 Å². The Kier molecular flexibility index (Phi) is 3.71. The number of hydrogen-bond acceptors (Lipinski definition) is 1. The summed E-state index contributed by atoms with van der Waals surface area (Å²) < 4.78 is 0. The van der Waals surface area contributed by atoms with Crippen LogP contribution in [0.5, 0.6) is 0 Å². The van der Waals surface area contributed by atoms with E-state index in [9.17, 15) is 0 Å². The van der Waals surface area contributed by atoms with Gasteiger partial charge >= 0.3 is 0 Å². The third-order valence-electron chi connectivity index (χ3n) is 2.32. The Morgan fingerprint density at radius 3 is 2.54 bits per heavy atom. The van der Waals surface area contributed by atoms with Crippen LogP contribution in [0.1, 0.15) is 19.4 Å². The summed E-state index contributed by atoms with van der Waals surface area (Å²) in [6.45, 7) is 4.99. The average molecular weight is 175 g/mol. The molecular formula is C12H17N. The zero-order valence-corrected chi connectivity index (χ0v) is 8.33. The Bertz CT molecular complexity index is 274. The van der Waals surface area contributed by atoms with Gasteiger partial charge in [0.15, 0.2) is 0 Å². The summed E-state index contributed by atoms with van der Waals surface area (Å²) in [4.78, 5) is 0. The Balaban J connectivity index is 2.77. The number of benzene rings is 1. The highest BCUT2D eigenvalue weighted by atomic mass is 14.5. The molecule has 0 radical (unpaired) electrons. The van der Waals surface area contributed by atoms with E-state index in [4.69, 9.17) is 5.73 Å². The topological polar surface area (TPSA) is 26.0 Å². The first-order chi connectivity index (χ1) is 6.24. The molecule has 1 heteroatoms. The first kappa shape index (κ1) is 10.0. The molecule has 0 aromatic heterocycles. The minimum atomic E-state index is 0.472. The van der Waals surface area contributed by atoms with Crippen LogP contribution in [0.25, 0.3) is 6.08 Å². The van der Waals surface area contributed by atoms with Gasteiger partial charge in [-0.2, -0.15) is 0 Å².